The van der Waals surface area contributed by atoms with Gasteiger partial charge in [0.05, 0.1) is 18.8 Å². The maximum atomic E-state index is 10.6. The van der Waals surface area contributed by atoms with Crippen LogP contribution in [0.1, 0.15) is 13.3 Å². The van der Waals surface area contributed by atoms with E-state index in [9.17, 15) is 4.79 Å². The van der Waals surface area contributed by atoms with Crippen LogP contribution in [0.5, 0.6) is 0 Å². The van der Waals surface area contributed by atoms with Gasteiger partial charge in [0, 0.05) is 6.54 Å². The van der Waals surface area contributed by atoms with Gasteiger partial charge in [-0.25, -0.2) is 0 Å². The molecular formula is C7H13NO2. The van der Waals surface area contributed by atoms with Gasteiger partial charge in [-0.3, -0.25) is 0 Å². The Balaban J connectivity index is 2.52. The first kappa shape index (κ1) is 7.69. The molecule has 1 fully saturated rings. The molecule has 3 heteroatoms. The molecule has 1 N–H and O–H groups in total. The highest BCUT2D eigenvalue weighted by atomic mass is 16.5. The zero-order valence-electron chi connectivity index (χ0n) is 6.22. The van der Waals surface area contributed by atoms with Gasteiger partial charge in [-0.2, -0.15) is 0 Å². The van der Waals surface area contributed by atoms with Crippen molar-refractivity contribution in [2.75, 3.05) is 19.8 Å². The van der Waals surface area contributed by atoms with Crippen LogP contribution in [0.2, 0.25) is 0 Å². The van der Waals surface area contributed by atoms with E-state index in [4.69, 9.17) is 4.74 Å². The van der Waals surface area contributed by atoms with E-state index in [1.165, 1.54) is 0 Å². The lowest BCUT2D eigenvalue weighted by atomic mass is 9.98. The molecule has 1 atom stereocenters. The Morgan fingerprint density at radius 3 is 2.90 bits per heavy atom. The summed E-state index contributed by atoms with van der Waals surface area (Å²) in [5, 5.41) is 3.14. The smallest absolute Gasteiger partial charge is 0.142 e. The summed E-state index contributed by atoms with van der Waals surface area (Å²) in [7, 11) is 0. The number of ether oxygens (including phenoxy) is 1. The minimum atomic E-state index is -0.391. The van der Waals surface area contributed by atoms with Crippen molar-refractivity contribution in [1.82, 2.24) is 5.32 Å². The Labute approximate surface area is 60.7 Å². The second-order valence-corrected chi connectivity index (χ2v) is 2.61. The molecule has 1 rings (SSSR count). The standard InChI is InChI=1S/C7H13NO2/c1-2-7(5-9)6-10-4-3-8-7/h5,8H,2-4,6H2,1H3. The molecule has 0 radical (unpaired) electrons. The predicted octanol–water partition coefficient (Wildman–Crippen LogP) is -0.0461. The third-order valence-corrected chi connectivity index (χ3v) is 1.94. The van der Waals surface area contributed by atoms with Crippen LogP contribution in [0.3, 0.4) is 0 Å². The summed E-state index contributed by atoms with van der Waals surface area (Å²) in [5.41, 5.74) is -0.391. The van der Waals surface area contributed by atoms with E-state index in [0.717, 1.165) is 25.9 Å². The molecule has 0 amide bonds. The second kappa shape index (κ2) is 3.12. The number of rotatable bonds is 2. The molecule has 1 unspecified atom stereocenters. The molecule has 1 aliphatic rings. The molecule has 0 aromatic heterocycles. The average Bonchev–Trinajstić information content (AvgIpc) is 2.06. The minimum Gasteiger partial charge on any atom is -0.378 e. The first-order valence-electron chi connectivity index (χ1n) is 3.62. The van der Waals surface area contributed by atoms with Gasteiger partial charge in [-0.15, -0.1) is 0 Å². The van der Waals surface area contributed by atoms with Crippen LogP contribution >= 0.6 is 0 Å². The molecule has 1 heterocycles. The fraction of sp³-hybridized carbons (Fsp3) is 0.857. The van der Waals surface area contributed by atoms with E-state index >= 15 is 0 Å². The van der Waals surface area contributed by atoms with E-state index in [-0.39, 0.29) is 0 Å². The van der Waals surface area contributed by atoms with E-state index in [0.29, 0.717) is 6.61 Å². The number of aldehydes is 1. The predicted molar refractivity (Wildman–Crippen MR) is 37.9 cm³/mol. The molecule has 0 aliphatic carbocycles. The van der Waals surface area contributed by atoms with Crippen molar-refractivity contribution in [3.05, 3.63) is 0 Å². The number of morpholine rings is 1. The van der Waals surface area contributed by atoms with E-state index in [1.54, 1.807) is 0 Å². The first-order chi connectivity index (χ1) is 4.83. The van der Waals surface area contributed by atoms with Crippen LogP contribution in [-0.2, 0) is 9.53 Å². The molecule has 10 heavy (non-hydrogen) atoms. The quantitative estimate of drug-likeness (QED) is 0.551. The summed E-state index contributed by atoms with van der Waals surface area (Å²) in [4.78, 5) is 10.6. The summed E-state index contributed by atoms with van der Waals surface area (Å²) in [5.74, 6) is 0. The summed E-state index contributed by atoms with van der Waals surface area (Å²) in [6, 6.07) is 0. The topological polar surface area (TPSA) is 38.3 Å². The molecule has 1 saturated heterocycles. The lowest BCUT2D eigenvalue weighted by Gasteiger charge is -2.31. The fourth-order valence-electron chi connectivity index (χ4n) is 1.06. The number of carbonyl (C=O) groups is 1. The van der Waals surface area contributed by atoms with Gasteiger partial charge in [0.15, 0.2) is 0 Å². The van der Waals surface area contributed by atoms with Gasteiger partial charge in [-0.05, 0) is 6.42 Å². The largest absolute Gasteiger partial charge is 0.378 e. The normalized spacial score (nSPS) is 33.7. The van der Waals surface area contributed by atoms with Gasteiger partial charge in [0.1, 0.15) is 6.29 Å². The molecule has 58 valence electrons. The van der Waals surface area contributed by atoms with Crippen molar-refractivity contribution >= 4 is 6.29 Å². The third-order valence-electron chi connectivity index (χ3n) is 1.94. The van der Waals surface area contributed by atoms with Crippen LogP contribution in [-0.4, -0.2) is 31.6 Å². The number of carbonyl (C=O) groups excluding carboxylic acids is 1. The molecule has 0 saturated carbocycles. The maximum Gasteiger partial charge on any atom is 0.142 e. The maximum absolute atomic E-state index is 10.6. The molecule has 0 spiro atoms. The molecule has 1 aliphatic heterocycles. The van der Waals surface area contributed by atoms with Crippen molar-refractivity contribution in [2.45, 2.75) is 18.9 Å². The van der Waals surface area contributed by atoms with Gasteiger partial charge in [0.25, 0.3) is 0 Å². The number of hydrogen-bond donors (Lipinski definition) is 1. The van der Waals surface area contributed by atoms with Crippen LogP contribution in [0.4, 0.5) is 0 Å². The van der Waals surface area contributed by atoms with Crippen molar-refractivity contribution in [2.24, 2.45) is 0 Å². The highest BCUT2D eigenvalue weighted by Gasteiger charge is 2.29. The lowest BCUT2D eigenvalue weighted by molar-refractivity contribution is -0.118. The molecule has 0 aromatic rings. The zero-order chi connectivity index (χ0) is 7.45. The number of hydrogen-bond acceptors (Lipinski definition) is 3. The van der Waals surface area contributed by atoms with Crippen molar-refractivity contribution in [3.8, 4) is 0 Å². The average molecular weight is 143 g/mol. The van der Waals surface area contributed by atoms with Crippen molar-refractivity contribution in [1.29, 1.82) is 0 Å². The number of nitrogens with one attached hydrogen (secondary N) is 1. The summed E-state index contributed by atoms with van der Waals surface area (Å²) in [6.45, 7) is 4.01. The molecule has 0 bridgehead atoms. The van der Waals surface area contributed by atoms with Crippen LogP contribution < -0.4 is 5.32 Å². The van der Waals surface area contributed by atoms with Crippen LogP contribution in [0.25, 0.3) is 0 Å². The Bertz CT molecular complexity index is 119. The van der Waals surface area contributed by atoms with Gasteiger partial charge >= 0.3 is 0 Å². The van der Waals surface area contributed by atoms with Crippen molar-refractivity contribution < 1.29 is 9.53 Å². The SMILES string of the molecule is CCC1(C=O)COCCN1. The minimum absolute atomic E-state index is 0.391. The Morgan fingerprint density at radius 1 is 1.80 bits per heavy atom. The zero-order valence-corrected chi connectivity index (χ0v) is 6.22. The highest BCUT2D eigenvalue weighted by Crippen LogP contribution is 2.09. The highest BCUT2D eigenvalue weighted by molar-refractivity contribution is 5.64. The third kappa shape index (κ3) is 1.36. The Kier molecular flexibility index (Phi) is 2.40. The van der Waals surface area contributed by atoms with Gasteiger partial charge in [0.2, 0.25) is 0 Å². The van der Waals surface area contributed by atoms with E-state index in [1.807, 2.05) is 6.92 Å². The lowest BCUT2D eigenvalue weighted by Crippen LogP contribution is -2.55. The molecule has 3 nitrogen and oxygen atoms in total. The second-order valence-electron chi connectivity index (χ2n) is 2.61. The first-order valence-corrected chi connectivity index (χ1v) is 3.62. The fourth-order valence-corrected chi connectivity index (χ4v) is 1.06. The van der Waals surface area contributed by atoms with E-state index in [2.05, 4.69) is 5.32 Å². The molecular weight excluding hydrogens is 130 g/mol. The summed E-state index contributed by atoms with van der Waals surface area (Å²) in [6.07, 6.45) is 1.75. The van der Waals surface area contributed by atoms with Crippen LogP contribution in [0, 0.1) is 0 Å². The Morgan fingerprint density at radius 2 is 2.60 bits per heavy atom. The summed E-state index contributed by atoms with van der Waals surface area (Å²) >= 11 is 0. The van der Waals surface area contributed by atoms with Crippen molar-refractivity contribution in [3.63, 3.8) is 0 Å². The molecule has 0 aromatic carbocycles. The van der Waals surface area contributed by atoms with Gasteiger partial charge in [-0.1, -0.05) is 6.92 Å². The van der Waals surface area contributed by atoms with E-state index < -0.39 is 5.54 Å². The Hall–Kier alpha value is -0.410. The van der Waals surface area contributed by atoms with Gasteiger partial charge < -0.3 is 14.8 Å². The monoisotopic (exact) mass is 143 g/mol. The van der Waals surface area contributed by atoms with Crippen LogP contribution in [0.15, 0.2) is 0 Å². The summed E-state index contributed by atoms with van der Waals surface area (Å²) < 4.78 is 5.17.